The van der Waals surface area contributed by atoms with Crippen molar-refractivity contribution in [1.82, 2.24) is 5.32 Å². The van der Waals surface area contributed by atoms with Crippen molar-refractivity contribution in [3.63, 3.8) is 0 Å². The van der Waals surface area contributed by atoms with Crippen molar-refractivity contribution in [2.24, 2.45) is 0 Å². The van der Waals surface area contributed by atoms with E-state index in [1.54, 1.807) is 12.1 Å². The lowest BCUT2D eigenvalue weighted by Crippen LogP contribution is -2.18. The number of nitrogens with one attached hydrogen (secondary N) is 1. The molecule has 4 heteroatoms. The first-order chi connectivity index (χ1) is 9.10. The highest BCUT2D eigenvalue weighted by Crippen LogP contribution is 2.24. The van der Waals surface area contributed by atoms with Gasteiger partial charge in [-0.05, 0) is 48.9 Å². The summed E-state index contributed by atoms with van der Waals surface area (Å²) in [5, 5.41) is 4.06. The lowest BCUT2D eigenvalue weighted by atomic mass is 9.99. The molecule has 1 N–H and O–H groups in total. The Bertz CT molecular complexity index is 572. The predicted octanol–water partition coefficient (Wildman–Crippen LogP) is 4.64. The van der Waals surface area contributed by atoms with Gasteiger partial charge >= 0.3 is 0 Å². The van der Waals surface area contributed by atoms with Crippen molar-refractivity contribution >= 4 is 23.2 Å². The molecule has 100 valence electrons. The van der Waals surface area contributed by atoms with Gasteiger partial charge in [0.15, 0.2) is 0 Å². The van der Waals surface area contributed by atoms with E-state index in [1.165, 1.54) is 6.07 Å². The van der Waals surface area contributed by atoms with Crippen LogP contribution in [0.1, 0.15) is 17.2 Å². The van der Waals surface area contributed by atoms with Crippen molar-refractivity contribution in [3.05, 3.63) is 69.5 Å². The van der Waals surface area contributed by atoms with E-state index >= 15 is 0 Å². The maximum atomic E-state index is 13.2. The van der Waals surface area contributed by atoms with Gasteiger partial charge in [0.1, 0.15) is 5.82 Å². The number of benzene rings is 2. The van der Waals surface area contributed by atoms with Crippen molar-refractivity contribution in [2.45, 2.75) is 12.5 Å². The second-order valence-corrected chi connectivity index (χ2v) is 5.19. The minimum Gasteiger partial charge on any atom is -0.313 e. The molecule has 0 spiro atoms. The molecule has 2 aromatic carbocycles. The third kappa shape index (κ3) is 3.69. The molecule has 0 saturated heterocycles. The average molecular weight is 298 g/mol. The summed E-state index contributed by atoms with van der Waals surface area (Å²) in [6.07, 6.45) is 0.763. The van der Waals surface area contributed by atoms with Crippen molar-refractivity contribution in [3.8, 4) is 0 Å². The van der Waals surface area contributed by atoms with E-state index in [-0.39, 0.29) is 11.1 Å². The Morgan fingerprint density at radius 3 is 2.58 bits per heavy atom. The molecule has 19 heavy (non-hydrogen) atoms. The van der Waals surface area contributed by atoms with E-state index in [1.807, 2.05) is 31.3 Å². The second-order valence-electron chi connectivity index (χ2n) is 4.35. The third-order valence-electron chi connectivity index (χ3n) is 3.02. The van der Waals surface area contributed by atoms with Gasteiger partial charge < -0.3 is 5.32 Å². The van der Waals surface area contributed by atoms with Crippen LogP contribution in [0.4, 0.5) is 4.39 Å². The second kappa shape index (κ2) is 6.38. The summed E-state index contributed by atoms with van der Waals surface area (Å²) in [5.41, 5.74) is 2.07. The molecule has 1 nitrogen and oxygen atoms in total. The number of hydrogen-bond acceptors (Lipinski definition) is 1. The van der Waals surface area contributed by atoms with Crippen LogP contribution in [0.5, 0.6) is 0 Å². The van der Waals surface area contributed by atoms with E-state index in [0.29, 0.717) is 5.02 Å². The molecule has 1 unspecified atom stereocenters. The predicted molar refractivity (Wildman–Crippen MR) is 78.4 cm³/mol. The Labute approximate surface area is 122 Å². The molecule has 0 heterocycles. The maximum Gasteiger partial charge on any atom is 0.141 e. The normalized spacial score (nSPS) is 12.4. The molecule has 0 aliphatic rings. The van der Waals surface area contributed by atoms with Crippen molar-refractivity contribution < 1.29 is 4.39 Å². The molecule has 0 bridgehead atoms. The highest BCUT2D eigenvalue weighted by molar-refractivity contribution is 6.31. The van der Waals surface area contributed by atoms with Crippen LogP contribution in [-0.2, 0) is 6.42 Å². The van der Waals surface area contributed by atoms with E-state index in [2.05, 4.69) is 5.32 Å². The standard InChI is InChI=1S/C15H14Cl2FN/c1-19-15(8-10-3-2-4-12(16)7-10)11-5-6-14(18)13(17)9-11/h2-7,9,15,19H,8H2,1H3. The summed E-state index contributed by atoms with van der Waals surface area (Å²) in [6.45, 7) is 0. The Balaban J connectivity index is 2.22. The van der Waals surface area contributed by atoms with Crippen LogP contribution in [-0.4, -0.2) is 7.05 Å². The number of likely N-dealkylation sites (N-methyl/N-ethyl adjacent to an activating group) is 1. The van der Waals surface area contributed by atoms with Crippen LogP contribution in [0.25, 0.3) is 0 Å². The molecule has 0 amide bonds. The van der Waals surface area contributed by atoms with Gasteiger partial charge in [0.05, 0.1) is 5.02 Å². The average Bonchev–Trinajstić information content (AvgIpc) is 2.39. The highest BCUT2D eigenvalue weighted by Gasteiger charge is 2.12. The highest BCUT2D eigenvalue weighted by atomic mass is 35.5. The number of halogens is 3. The fourth-order valence-electron chi connectivity index (χ4n) is 2.02. The Morgan fingerprint density at radius 2 is 1.95 bits per heavy atom. The van der Waals surface area contributed by atoms with Gasteiger partial charge in [-0.25, -0.2) is 4.39 Å². The zero-order valence-electron chi connectivity index (χ0n) is 10.5. The van der Waals surface area contributed by atoms with E-state index in [4.69, 9.17) is 23.2 Å². The molecule has 0 aliphatic carbocycles. The first-order valence-electron chi connectivity index (χ1n) is 5.97. The summed E-state index contributed by atoms with van der Waals surface area (Å²) in [6, 6.07) is 12.6. The van der Waals surface area contributed by atoms with Crippen LogP contribution in [0, 0.1) is 5.82 Å². The van der Waals surface area contributed by atoms with Gasteiger partial charge in [-0.2, -0.15) is 0 Å². The first-order valence-corrected chi connectivity index (χ1v) is 6.72. The van der Waals surface area contributed by atoms with E-state index in [0.717, 1.165) is 17.5 Å². The molecular formula is C15H14Cl2FN. The minimum absolute atomic E-state index is 0.0663. The molecule has 2 aromatic rings. The zero-order chi connectivity index (χ0) is 13.8. The fourth-order valence-corrected chi connectivity index (χ4v) is 2.42. The Morgan fingerprint density at radius 1 is 1.16 bits per heavy atom. The molecule has 0 aromatic heterocycles. The van der Waals surface area contributed by atoms with Crippen LogP contribution in [0.3, 0.4) is 0 Å². The first kappa shape index (κ1) is 14.3. The van der Waals surface area contributed by atoms with Crippen molar-refractivity contribution in [1.29, 1.82) is 0 Å². The largest absolute Gasteiger partial charge is 0.313 e. The zero-order valence-corrected chi connectivity index (χ0v) is 12.0. The van der Waals surface area contributed by atoms with Crippen LogP contribution < -0.4 is 5.32 Å². The van der Waals surface area contributed by atoms with Gasteiger partial charge in [-0.15, -0.1) is 0 Å². The summed E-state index contributed by atoms with van der Waals surface area (Å²) in [5.74, 6) is -0.400. The molecule has 0 aliphatic heterocycles. The summed E-state index contributed by atoms with van der Waals surface area (Å²) in [7, 11) is 1.87. The Hall–Kier alpha value is -1.09. The molecular weight excluding hydrogens is 284 g/mol. The number of rotatable bonds is 4. The Kier molecular flexibility index (Phi) is 4.81. The molecule has 2 rings (SSSR count). The summed E-state index contributed by atoms with van der Waals surface area (Å²) in [4.78, 5) is 0. The molecule has 0 saturated carbocycles. The monoisotopic (exact) mass is 297 g/mol. The minimum atomic E-state index is -0.400. The SMILES string of the molecule is CNC(Cc1cccc(Cl)c1)c1ccc(F)c(Cl)c1. The van der Waals surface area contributed by atoms with Crippen LogP contribution >= 0.6 is 23.2 Å². The quantitative estimate of drug-likeness (QED) is 0.867. The van der Waals surface area contributed by atoms with Gasteiger partial charge in [0, 0.05) is 11.1 Å². The molecule has 1 atom stereocenters. The smallest absolute Gasteiger partial charge is 0.141 e. The van der Waals surface area contributed by atoms with Gasteiger partial charge in [0.2, 0.25) is 0 Å². The summed E-state index contributed by atoms with van der Waals surface area (Å²) >= 11 is 11.8. The van der Waals surface area contributed by atoms with Crippen LogP contribution in [0.2, 0.25) is 10.0 Å². The van der Waals surface area contributed by atoms with E-state index < -0.39 is 5.82 Å². The maximum absolute atomic E-state index is 13.2. The number of hydrogen-bond donors (Lipinski definition) is 1. The van der Waals surface area contributed by atoms with Gasteiger partial charge in [0.25, 0.3) is 0 Å². The van der Waals surface area contributed by atoms with Crippen LogP contribution in [0.15, 0.2) is 42.5 Å². The van der Waals surface area contributed by atoms with Gasteiger partial charge in [-0.1, -0.05) is 41.4 Å². The topological polar surface area (TPSA) is 12.0 Å². The molecule has 0 fully saturated rings. The van der Waals surface area contributed by atoms with E-state index in [9.17, 15) is 4.39 Å². The lowest BCUT2D eigenvalue weighted by molar-refractivity contribution is 0.586. The molecule has 0 radical (unpaired) electrons. The lowest BCUT2D eigenvalue weighted by Gasteiger charge is -2.17. The van der Waals surface area contributed by atoms with Crippen molar-refractivity contribution in [2.75, 3.05) is 7.05 Å². The summed E-state index contributed by atoms with van der Waals surface area (Å²) < 4.78 is 13.2. The van der Waals surface area contributed by atoms with Gasteiger partial charge in [-0.3, -0.25) is 0 Å². The third-order valence-corrected chi connectivity index (χ3v) is 3.55. The fraction of sp³-hybridized carbons (Fsp3) is 0.200.